The number of aromatic nitrogens is 1. The summed E-state index contributed by atoms with van der Waals surface area (Å²) in [7, 11) is 0. The zero-order valence-corrected chi connectivity index (χ0v) is 11.4. The normalized spacial score (nSPS) is 18.4. The molecule has 0 radical (unpaired) electrons. The van der Waals surface area contributed by atoms with E-state index in [2.05, 4.69) is 24.2 Å². The maximum absolute atomic E-state index is 6.03. The summed E-state index contributed by atoms with van der Waals surface area (Å²) < 4.78 is 5.62. The molecule has 3 heteroatoms. The van der Waals surface area contributed by atoms with E-state index < -0.39 is 0 Å². The van der Waals surface area contributed by atoms with Crippen LogP contribution in [0.1, 0.15) is 44.8 Å². The van der Waals surface area contributed by atoms with Gasteiger partial charge in [-0.2, -0.15) is 0 Å². The zero-order valence-electron chi connectivity index (χ0n) is 11.4. The number of benzene rings is 1. The molecular formula is C16H20N2O. The Morgan fingerprint density at radius 1 is 1.11 bits per heavy atom. The molecule has 0 amide bonds. The van der Waals surface area contributed by atoms with E-state index in [1.807, 2.05) is 18.2 Å². The van der Waals surface area contributed by atoms with E-state index in [1.54, 1.807) is 0 Å². The second-order valence-electron chi connectivity index (χ2n) is 5.76. The van der Waals surface area contributed by atoms with Gasteiger partial charge in [-0.05, 0) is 18.4 Å². The first-order valence-corrected chi connectivity index (χ1v) is 7.02. The summed E-state index contributed by atoms with van der Waals surface area (Å²) >= 11 is 0. The van der Waals surface area contributed by atoms with Crippen molar-refractivity contribution in [3.63, 3.8) is 0 Å². The fourth-order valence-corrected chi connectivity index (χ4v) is 3.16. The van der Waals surface area contributed by atoms with Crippen LogP contribution in [0.3, 0.4) is 0 Å². The monoisotopic (exact) mass is 256 g/mol. The predicted molar refractivity (Wildman–Crippen MR) is 76.8 cm³/mol. The molecule has 0 aliphatic heterocycles. The highest BCUT2D eigenvalue weighted by atomic mass is 16.5. The minimum Gasteiger partial charge on any atom is -0.380 e. The minimum absolute atomic E-state index is 0.0774. The molecule has 3 rings (SSSR count). The van der Waals surface area contributed by atoms with Gasteiger partial charge in [0.25, 0.3) is 0 Å². The van der Waals surface area contributed by atoms with Crippen LogP contribution in [0.5, 0.6) is 0 Å². The van der Waals surface area contributed by atoms with Crippen LogP contribution in [0, 0.1) is 0 Å². The number of nitrogen functional groups attached to an aromatic ring is 1. The Morgan fingerprint density at radius 3 is 2.47 bits per heavy atom. The Kier molecular flexibility index (Phi) is 3.05. The average molecular weight is 256 g/mol. The average Bonchev–Trinajstić information content (AvgIpc) is 2.83. The smallest absolute Gasteiger partial charge is 0.175 e. The summed E-state index contributed by atoms with van der Waals surface area (Å²) in [5.41, 5.74) is 8.20. The Bertz CT molecular complexity index is 553. The molecule has 3 nitrogen and oxygen atoms in total. The van der Waals surface area contributed by atoms with Gasteiger partial charge >= 0.3 is 0 Å². The molecular weight excluding hydrogens is 236 g/mol. The Hall–Kier alpha value is -1.77. The lowest BCUT2D eigenvalue weighted by Gasteiger charge is -2.31. The van der Waals surface area contributed by atoms with Crippen molar-refractivity contribution in [3.05, 3.63) is 36.1 Å². The summed E-state index contributed by atoms with van der Waals surface area (Å²) in [5, 5.41) is 4.02. The van der Waals surface area contributed by atoms with Crippen molar-refractivity contribution in [1.29, 1.82) is 0 Å². The molecule has 1 aliphatic rings. The van der Waals surface area contributed by atoms with Crippen LogP contribution in [-0.2, 0) is 5.41 Å². The summed E-state index contributed by atoms with van der Waals surface area (Å²) in [5.74, 6) is 1.48. The van der Waals surface area contributed by atoms with Crippen LogP contribution in [0.15, 0.2) is 34.9 Å². The van der Waals surface area contributed by atoms with E-state index in [0.29, 0.717) is 5.82 Å². The van der Waals surface area contributed by atoms with Gasteiger partial charge in [-0.25, -0.2) is 0 Å². The van der Waals surface area contributed by atoms with Crippen LogP contribution >= 0.6 is 0 Å². The van der Waals surface area contributed by atoms with Gasteiger partial charge in [0.05, 0.1) is 5.56 Å². The lowest BCUT2D eigenvalue weighted by Crippen LogP contribution is -2.25. The standard InChI is InChI=1S/C16H20N2O/c1-16(10-6-3-7-11-16)14-13(15(17)18-19-14)12-8-4-2-5-9-12/h2,4-5,8-9H,3,6-7,10-11H2,1H3,(H2,17,18). The molecule has 1 aromatic heterocycles. The topological polar surface area (TPSA) is 52.0 Å². The van der Waals surface area contributed by atoms with Crippen LogP contribution in [0.2, 0.25) is 0 Å². The third kappa shape index (κ3) is 2.14. The second kappa shape index (κ2) is 4.72. The highest BCUT2D eigenvalue weighted by molar-refractivity contribution is 5.76. The van der Waals surface area contributed by atoms with Crippen LogP contribution < -0.4 is 5.73 Å². The maximum Gasteiger partial charge on any atom is 0.175 e. The number of hydrogen-bond acceptors (Lipinski definition) is 3. The highest BCUT2D eigenvalue weighted by Crippen LogP contribution is 2.44. The summed E-state index contributed by atoms with van der Waals surface area (Å²) in [6.45, 7) is 2.28. The van der Waals surface area contributed by atoms with Gasteiger partial charge in [-0.3, -0.25) is 0 Å². The number of anilines is 1. The van der Waals surface area contributed by atoms with Crippen molar-refractivity contribution < 1.29 is 4.52 Å². The Balaban J connectivity index is 2.08. The molecule has 0 bridgehead atoms. The third-order valence-electron chi connectivity index (χ3n) is 4.29. The molecule has 0 unspecified atom stereocenters. The van der Waals surface area contributed by atoms with Crippen LogP contribution in [0.25, 0.3) is 11.1 Å². The highest BCUT2D eigenvalue weighted by Gasteiger charge is 2.36. The lowest BCUT2D eigenvalue weighted by atomic mass is 9.72. The number of nitrogens with two attached hydrogens (primary N) is 1. The first-order valence-electron chi connectivity index (χ1n) is 7.02. The molecule has 2 aromatic rings. The van der Waals surface area contributed by atoms with E-state index in [0.717, 1.165) is 29.7 Å². The van der Waals surface area contributed by atoms with Crippen molar-refractivity contribution in [2.45, 2.75) is 44.4 Å². The largest absolute Gasteiger partial charge is 0.380 e. The molecule has 1 aliphatic carbocycles. The van der Waals surface area contributed by atoms with Crippen LogP contribution in [0.4, 0.5) is 5.82 Å². The van der Waals surface area contributed by atoms with Gasteiger partial charge in [0.2, 0.25) is 0 Å². The quantitative estimate of drug-likeness (QED) is 0.878. The number of hydrogen-bond donors (Lipinski definition) is 1. The minimum atomic E-state index is 0.0774. The van der Waals surface area contributed by atoms with E-state index in [1.165, 1.54) is 19.3 Å². The Labute approximate surface area is 113 Å². The lowest BCUT2D eigenvalue weighted by molar-refractivity contribution is 0.242. The van der Waals surface area contributed by atoms with Crippen molar-refractivity contribution >= 4 is 5.82 Å². The molecule has 100 valence electrons. The summed E-state index contributed by atoms with van der Waals surface area (Å²) in [6, 6.07) is 10.2. The third-order valence-corrected chi connectivity index (χ3v) is 4.29. The van der Waals surface area contributed by atoms with Gasteiger partial charge < -0.3 is 10.3 Å². The van der Waals surface area contributed by atoms with Gasteiger partial charge in [0.1, 0.15) is 0 Å². The molecule has 1 aromatic carbocycles. The molecule has 0 atom stereocenters. The molecule has 1 saturated carbocycles. The maximum atomic E-state index is 6.03. The molecule has 0 spiro atoms. The predicted octanol–water partition coefficient (Wildman–Crippen LogP) is 4.15. The number of nitrogens with zero attached hydrogens (tertiary/aromatic N) is 1. The number of rotatable bonds is 2. The van der Waals surface area contributed by atoms with Crippen molar-refractivity contribution in [3.8, 4) is 11.1 Å². The van der Waals surface area contributed by atoms with Crippen molar-refractivity contribution in [2.75, 3.05) is 5.73 Å². The first kappa shape index (κ1) is 12.3. The molecule has 1 heterocycles. The molecule has 0 saturated heterocycles. The summed E-state index contributed by atoms with van der Waals surface area (Å²) in [4.78, 5) is 0. The van der Waals surface area contributed by atoms with E-state index in [9.17, 15) is 0 Å². The second-order valence-corrected chi connectivity index (χ2v) is 5.76. The summed E-state index contributed by atoms with van der Waals surface area (Å²) in [6.07, 6.45) is 6.14. The fourth-order valence-electron chi connectivity index (χ4n) is 3.16. The first-order chi connectivity index (χ1) is 9.21. The van der Waals surface area contributed by atoms with Gasteiger partial charge in [0, 0.05) is 5.41 Å². The Morgan fingerprint density at radius 2 is 1.79 bits per heavy atom. The zero-order chi connectivity index (χ0) is 13.3. The molecule has 2 N–H and O–H groups in total. The van der Waals surface area contributed by atoms with Gasteiger partial charge in [-0.1, -0.05) is 61.7 Å². The molecule has 1 fully saturated rings. The van der Waals surface area contributed by atoms with Crippen molar-refractivity contribution in [2.24, 2.45) is 0 Å². The molecule has 19 heavy (non-hydrogen) atoms. The van der Waals surface area contributed by atoms with E-state index in [-0.39, 0.29) is 5.41 Å². The van der Waals surface area contributed by atoms with E-state index in [4.69, 9.17) is 10.3 Å². The SMILES string of the molecule is CC1(c2onc(N)c2-c2ccccc2)CCCCC1. The van der Waals surface area contributed by atoms with Crippen LogP contribution in [-0.4, -0.2) is 5.16 Å². The van der Waals surface area contributed by atoms with Crippen molar-refractivity contribution in [1.82, 2.24) is 5.16 Å². The van der Waals surface area contributed by atoms with Gasteiger partial charge in [-0.15, -0.1) is 0 Å². The fraction of sp³-hybridized carbons (Fsp3) is 0.438. The van der Waals surface area contributed by atoms with Gasteiger partial charge in [0.15, 0.2) is 11.6 Å². The van der Waals surface area contributed by atoms with E-state index >= 15 is 0 Å².